The molecule has 1 N–H and O–H groups in total. The van der Waals surface area contributed by atoms with Gasteiger partial charge in [-0.1, -0.05) is 0 Å². The molecule has 1 heterocycles. The summed E-state index contributed by atoms with van der Waals surface area (Å²) < 4.78 is 1.47. The van der Waals surface area contributed by atoms with Crippen molar-refractivity contribution in [3.8, 4) is 5.75 Å². The molecule has 0 bridgehead atoms. The number of hydrogen-bond acceptors (Lipinski definition) is 1. The van der Waals surface area contributed by atoms with E-state index in [2.05, 4.69) is 13.0 Å². The van der Waals surface area contributed by atoms with Crippen LogP contribution in [0.15, 0.2) is 18.2 Å². The number of phenols is 1. The van der Waals surface area contributed by atoms with Gasteiger partial charge in [-0.2, -0.15) is 0 Å². The topological polar surface area (TPSA) is 20.2 Å². The molecule has 2 rings (SSSR count). The number of hydrogen-bond donors (Lipinski definition) is 1. The van der Waals surface area contributed by atoms with Crippen molar-refractivity contribution >= 4 is 19.4 Å². The summed E-state index contributed by atoms with van der Waals surface area (Å²) >= 11 is 0.642. The average Bonchev–Trinajstić information content (AvgIpc) is 2.27. The van der Waals surface area contributed by atoms with Crippen molar-refractivity contribution in [1.29, 1.82) is 0 Å². The molecule has 0 amide bonds. The molecule has 1 aromatic carbocycles. The zero-order chi connectivity index (χ0) is 7.84. The van der Waals surface area contributed by atoms with Gasteiger partial charge in [-0.05, 0) is 0 Å². The minimum absolute atomic E-state index is 0.411. The van der Waals surface area contributed by atoms with Crippen LogP contribution < -0.4 is 4.46 Å². The SMILES string of the molecule is CC1Cc2cc(O)ccc2[Se]1. The second-order valence-corrected chi connectivity index (χ2v) is 6.03. The van der Waals surface area contributed by atoms with Crippen LogP contribution >= 0.6 is 0 Å². The van der Waals surface area contributed by atoms with E-state index < -0.39 is 0 Å². The Hall–Kier alpha value is -0.461. The summed E-state index contributed by atoms with van der Waals surface area (Å²) in [6.07, 6.45) is 1.16. The number of benzene rings is 1. The first kappa shape index (κ1) is 7.20. The third-order valence-electron chi connectivity index (χ3n) is 1.88. The van der Waals surface area contributed by atoms with Gasteiger partial charge in [-0.25, -0.2) is 0 Å². The van der Waals surface area contributed by atoms with Gasteiger partial charge in [0, 0.05) is 0 Å². The van der Waals surface area contributed by atoms with Crippen LogP contribution in [0.1, 0.15) is 12.5 Å². The van der Waals surface area contributed by atoms with E-state index in [1.54, 1.807) is 6.07 Å². The van der Waals surface area contributed by atoms with Gasteiger partial charge in [0.15, 0.2) is 0 Å². The van der Waals surface area contributed by atoms with Crippen molar-refractivity contribution in [3.05, 3.63) is 23.8 Å². The molecule has 1 nitrogen and oxygen atoms in total. The molecule has 58 valence electrons. The minimum atomic E-state index is 0.411. The predicted octanol–water partition coefficient (Wildman–Crippen LogP) is 1.09. The molecule has 0 saturated heterocycles. The van der Waals surface area contributed by atoms with E-state index >= 15 is 0 Å². The zero-order valence-electron chi connectivity index (χ0n) is 6.37. The summed E-state index contributed by atoms with van der Waals surface area (Å²) in [5.41, 5.74) is 1.36. The van der Waals surface area contributed by atoms with Gasteiger partial charge in [-0.15, -0.1) is 0 Å². The second-order valence-electron chi connectivity index (χ2n) is 2.92. The molecular weight excluding hydrogens is 203 g/mol. The monoisotopic (exact) mass is 214 g/mol. The summed E-state index contributed by atoms with van der Waals surface area (Å²) in [6, 6.07) is 5.76. The number of fused-ring (bicyclic) bond motifs is 1. The van der Waals surface area contributed by atoms with Gasteiger partial charge in [0.1, 0.15) is 0 Å². The Balaban J connectivity index is 2.43. The number of aromatic hydroxyl groups is 1. The maximum atomic E-state index is 9.19. The molecule has 0 aromatic heterocycles. The quantitative estimate of drug-likeness (QED) is 0.639. The van der Waals surface area contributed by atoms with E-state index in [0.717, 1.165) is 11.2 Å². The van der Waals surface area contributed by atoms with Crippen molar-refractivity contribution in [1.82, 2.24) is 0 Å². The van der Waals surface area contributed by atoms with Gasteiger partial charge in [0.25, 0.3) is 0 Å². The zero-order valence-corrected chi connectivity index (χ0v) is 8.09. The Morgan fingerprint density at radius 2 is 2.36 bits per heavy atom. The molecule has 1 unspecified atom stereocenters. The Morgan fingerprint density at radius 3 is 3.18 bits per heavy atom. The summed E-state index contributed by atoms with van der Waals surface area (Å²) in [5, 5.41) is 9.19. The fourth-order valence-corrected chi connectivity index (χ4v) is 3.79. The molecule has 0 radical (unpaired) electrons. The van der Waals surface area contributed by atoms with Gasteiger partial charge in [-0.3, -0.25) is 0 Å². The van der Waals surface area contributed by atoms with Crippen molar-refractivity contribution in [2.24, 2.45) is 0 Å². The van der Waals surface area contributed by atoms with Crippen LogP contribution in [0.25, 0.3) is 0 Å². The Kier molecular flexibility index (Phi) is 1.67. The normalized spacial score (nSPS) is 21.7. The summed E-state index contributed by atoms with van der Waals surface area (Å²) in [7, 11) is 0. The van der Waals surface area contributed by atoms with Gasteiger partial charge >= 0.3 is 72.2 Å². The van der Waals surface area contributed by atoms with Crippen molar-refractivity contribution < 1.29 is 5.11 Å². The summed E-state index contributed by atoms with van der Waals surface area (Å²) in [6.45, 7) is 2.27. The van der Waals surface area contributed by atoms with Gasteiger partial charge in [0.05, 0.1) is 0 Å². The summed E-state index contributed by atoms with van der Waals surface area (Å²) in [4.78, 5) is 0.819. The molecule has 0 aliphatic carbocycles. The van der Waals surface area contributed by atoms with E-state index in [0.29, 0.717) is 20.7 Å². The molecule has 1 aliphatic rings. The van der Waals surface area contributed by atoms with Crippen LogP contribution in [0, 0.1) is 0 Å². The molecule has 11 heavy (non-hydrogen) atoms. The van der Waals surface area contributed by atoms with Crippen molar-refractivity contribution in [2.75, 3.05) is 0 Å². The van der Waals surface area contributed by atoms with Crippen LogP contribution in [0.5, 0.6) is 5.75 Å². The van der Waals surface area contributed by atoms with E-state index in [1.807, 2.05) is 6.07 Å². The van der Waals surface area contributed by atoms with Crippen LogP contribution in [0.4, 0.5) is 0 Å². The Bertz CT molecular complexity index is 283. The van der Waals surface area contributed by atoms with Crippen LogP contribution in [0.2, 0.25) is 4.82 Å². The van der Waals surface area contributed by atoms with E-state index in [-0.39, 0.29) is 0 Å². The average molecular weight is 213 g/mol. The molecule has 1 aromatic rings. The van der Waals surface area contributed by atoms with Crippen LogP contribution in [-0.4, -0.2) is 20.1 Å². The molecule has 1 atom stereocenters. The first-order valence-corrected chi connectivity index (χ1v) is 5.59. The van der Waals surface area contributed by atoms with Gasteiger partial charge in [0.2, 0.25) is 0 Å². The van der Waals surface area contributed by atoms with Gasteiger partial charge < -0.3 is 0 Å². The molecule has 0 saturated carbocycles. The molecule has 1 aliphatic heterocycles. The predicted molar refractivity (Wildman–Crippen MR) is 46.6 cm³/mol. The number of phenolic OH excluding ortho intramolecular Hbond substituents is 1. The molecular formula is C9H10OSe. The van der Waals surface area contributed by atoms with E-state index in [4.69, 9.17) is 0 Å². The fraction of sp³-hybridized carbons (Fsp3) is 0.333. The fourth-order valence-electron chi connectivity index (χ4n) is 1.41. The van der Waals surface area contributed by atoms with Crippen molar-refractivity contribution in [2.45, 2.75) is 18.2 Å². The molecule has 0 spiro atoms. The Labute approximate surface area is 72.6 Å². The van der Waals surface area contributed by atoms with Crippen molar-refractivity contribution in [3.63, 3.8) is 0 Å². The third-order valence-corrected chi connectivity index (χ3v) is 4.44. The first-order chi connectivity index (χ1) is 5.25. The third kappa shape index (κ3) is 1.29. The van der Waals surface area contributed by atoms with E-state index in [1.165, 1.54) is 10.0 Å². The maximum absolute atomic E-state index is 9.19. The number of rotatable bonds is 0. The second kappa shape index (κ2) is 2.54. The molecule has 2 heteroatoms. The van der Waals surface area contributed by atoms with E-state index in [9.17, 15) is 5.11 Å². The first-order valence-electron chi connectivity index (χ1n) is 3.74. The van der Waals surface area contributed by atoms with Crippen LogP contribution in [-0.2, 0) is 6.42 Å². The standard InChI is InChI=1S/C9H10OSe/c1-6-4-7-5-8(10)2-3-9(7)11-6/h2-3,5-6,10H,4H2,1H3. The Morgan fingerprint density at radius 1 is 1.55 bits per heavy atom. The summed E-state index contributed by atoms with van der Waals surface area (Å²) in [5.74, 6) is 0.411. The molecule has 0 fully saturated rings. The van der Waals surface area contributed by atoms with Crippen LogP contribution in [0.3, 0.4) is 0 Å².